The molecule has 0 saturated carbocycles. The number of hydrogen-bond acceptors (Lipinski definition) is 3. The third-order valence-electron chi connectivity index (χ3n) is 2.73. The lowest BCUT2D eigenvalue weighted by molar-refractivity contribution is 0.629. The molecule has 1 aromatic carbocycles. The molecule has 78 valence electrons. The van der Waals surface area contributed by atoms with E-state index in [4.69, 9.17) is 0 Å². The van der Waals surface area contributed by atoms with Gasteiger partial charge in [-0.05, 0) is 17.2 Å². The molecular weight excluding hydrogens is 198 g/mol. The Kier molecular flexibility index (Phi) is 2.14. The van der Waals surface area contributed by atoms with Crippen LogP contribution in [-0.4, -0.2) is 11.2 Å². The van der Waals surface area contributed by atoms with Crippen LogP contribution in [-0.2, 0) is 0 Å². The summed E-state index contributed by atoms with van der Waals surface area (Å²) >= 11 is 0. The van der Waals surface area contributed by atoms with Crippen LogP contribution in [0.15, 0.2) is 53.9 Å². The largest absolute Gasteiger partial charge is 0.298 e. The molecule has 1 aliphatic rings. The van der Waals surface area contributed by atoms with Gasteiger partial charge < -0.3 is 0 Å². The van der Waals surface area contributed by atoms with Gasteiger partial charge in [-0.25, -0.2) is 0 Å². The first-order chi connectivity index (χ1) is 7.95. The first-order valence-corrected chi connectivity index (χ1v) is 5.22. The fourth-order valence-electron chi connectivity index (χ4n) is 1.94. The fraction of sp³-hybridized carbons (Fsp3) is 0.0769. The van der Waals surface area contributed by atoms with Gasteiger partial charge >= 0.3 is 0 Å². The van der Waals surface area contributed by atoms with Crippen LogP contribution < -0.4 is 5.43 Å². The Morgan fingerprint density at radius 1 is 1.06 bits per heavy atom. The van der Waals surface area contributed by atoms with E-state index >= 15 is 0 Å². The van der Waals surface area contributed by atoms with Gasteiger partial charge in [0.25, 0.3) is 0 Å². The zero-order valence-corrected chi connectivity index (χ0v) is 8.67. The van der Waals surface area contributed by atoms with Crippen molar-refractivity contribution in [1.82, 2.24) is 10.4 Å². The van der Waals surface area contributed by atoms with Crippen LogP contribution in [0.2, 0.25) is 0 Å². The number of fused-ring (bicyclic) bond motifs is 1. The number of nitrogens with zero attached hydrogens (tertiary/aromatic N) is 2. The predicted octanol–water partition coefficient (Wildman–Crippen LogP) is 2.11. The first-order valence-electron chi connectivity index (χ1n) is 5.22. The smallest absolute Gasteiger partial charge is 0.0960 e. The summed E-state index contributed by atoms with van der Waals surface area (Å²) in [6, 6.07) is 12.4. The summed E-state index contributed by atoms with van der Waals surface area (Å²) < 4.78 is 0. The summed E-state index contributed by atoms with van der Waals surface area (Å²) in [7, 11) is 0. The molecular formula is C13H11N3. The number of nitrogens with one attached hydrogen (secondary N) is 1. The van der Waals surface area contributed by atoms with E-state index in [2.05, 4.69) is 33.7 Å². The molecule has 2 aromatic rings. The van der Waals surface area contributed by atoms with E-state index in [-0.39, 0.29) is 6.04 Å². The number of pyridine rings is 1. The Morgan fingerprint density at radius 2 is 2.00 bits per heavy atom. The second-order valence-electron chi connectivity index (χ2n) is 3.74. The van der Waals surface area contributed by atoms with Gasteiger partial charge in [0, 0.05) is 18.0 Å². The summed E-state index contributed by atoms with van der Waals surface area (Å²) in [4.78, 5) is 4.14. The number of benzene rings is 1. The van der Waals surface area contributed by atoms with Gasteiger partial charge in [-0.1, -0.05) is 30.3 Å². The first kappa shape index (κ1) is 9.09. The molecule has 0 saturated heterocycles. The van der Waals surface area contributed by atoms with Crippen molar-refractivity contribution in [3.63, 3.8) is 0 Å². The van der Waals surface area contributed by atoms with Crippen molar-refractivity contribution < 1.29 is 0 Å². The Bertz CT molecular complexity index is 520. The standard InChI is InChI=1S/C13H11N3/c1-2-6-12-10(4-1)9-15-16-13(12)11-5-3-7-14-8-11/h1-9,13,16H. The van der Waals surface area contributed by atoms with Crippen molar-refractivity contribution in [2.75, 3.05) is 0 Å². The minimum Gasteiger partial charge on any atom is -0.298 e. The Morgan fingerprint density at radius 3 is 2.88 bits per heavy atom. The average Bonchev–Trinajstić information content (AvgIpc) is 2.39. The predicted molar refractivity (Wildman–Crippen MR) is 63.3 cm³/mol. The third kappa shape index (κ3) is 1.46. The fourth-order valence-corrected chi connectivity index (χ4v) is 1.94. The molecule has 1 atom stereocenters. The van der Waals surface area contributed by atoms with E-state index in [0.29, 0.717) is 0 Å². The molecule has 3 nitrogen and oxygen atoms in total. The molecule has 0 amide bonds. The van der Waals surface area contributed by atoms with Gasteiger partial charge in [0.05, 0.1) is 12.3 Å². The molecule has 2 heterocycles. The van der Waals surface area contributed by atoms with Crippen LogP contribution in [0.4, 0.5) is 0 Å². The summed E-state index contributed by atoms with van der Waals surface area (Å²) in [6.45, 7) is 0. The Labute approximate surface area is 93.8 Å². The minimum absolute atomic E-state index is 0.106. The normalized spacial score (nSPS) is 17.6. The Balaban J connectivity index is 2.09. The maximum atomic E-state index is 4.17. The molecule has 0 aliphatic carbocycles. The monoisotopic (exact) mass is 209 g/mol. The summed E-state index contributed by atoms with van der Waals surface area (Å²) in [5, 5.41) is 4.17. The van der Waals surface area contributed by atoms with Gasteiger partial charge in [-0.2, -0.15) is 5.10 Å². The molecule has 0 radical (unpaired) electrons. The molecule has 0 spiro atoms. The molecule has 1 aromatic heterocycles. The van der Waals surface area contributed by atoms with E-state index in [1.54, 1.807) is 6.20 Å². The van der Waals surface area contributed by atoms with Crippen LogP contribution in [0.1, 0.15) is 22.7 Å². The van der Waals surface area contributed by atoms with Crippen LogP contribution in [0.5, 0.6) is 0 Å². The van der Waals surface area contributed by atoms with Gasteiger partial charge in [0.1, 0.15) is 0 Å². The quantitative estimate of drug-likeness (QED) is 0.781. The van der Waals surface area contributed by atoms with Gasteiger partial charge in [0.15, 0.2) is 0 Å². The number of aromatic nitrogens is 1. The lowest BCUT2D eigenvalue weighted by Crippen LogP contribution is -2.22. The highest BCUT2D eigenvalue weighted by Crippen LogP contribution is 2.25. The maximum Gasteiger partial charge on any atom is 0.0960 e. The highest BCUT2D eigenvalue weighted by atomic mass is 15.3. The van der Waals surface area contributed by atoms with E-state index in [1.807, 2.05) is 30.6 Å². The molecule has 1 aliphatic heterocycles. The summed E-state index contributed by atoms with van der Waals surface area (Å²) in [5.41, 5.74) is 6.66. The lowest BCUT2D eigenvalue weighted by Gasteiger charge is -2.22. The lowest BCUT2D eigenvalue weighted by atomic mass is 9.95. The molecule has 0 fully saturated rings. The van der Waals surface area contributed by atoms with E-state index < -0.39 is 0 Å². The molecule has 0 bridgehead atoms. The summed E-state index contributed by atoms with van der Waals surface area (Å²) in [5.74, 6) is 0. The van der Waals surface area contributed by atoms with E-state index in [0.717, 1.165) is 11.1 Å². The van der Waals surface area contributed by atoms with Crippen molar-refractivity contribution in [2.24, 2.45) is 5.10 Å². The minimum atomic E-state index is 0.106. The van der Waals surface area contributed by atoms with Gasteiger partial charge in [0.2, 0.25) is 0 Å². The molecule has 16 heavy (non-hydrogen) atoms. The van der Waals surface area contributed by atoms with Crippen molar-refractivity contribution >= 4 is 6.21 Å². The average molecular weight is 209 g/mol. The molecule has 3 rings (SSSR count). The molecule has 1 N–H and O–H groups in total. The van der Waals surface area contributed by atoms with Gasteiger partial charge in [-0.15, -0.1) is 0 Å². The van der Waals surface area contributed by atoms with Crippen LogP contribution in [0, 0.1) is 0 Å². The molecule has 3 heteroatoms. The van der Waals surface area contributed by atoms with Crippen molar-refractivity contribution in [3.05, 3.63) is 65.5 Å². The Hall–Kier alpha value is -2.16. The second-order valence-corrected chi connectivity index (χ2v) is 3.74. The maximum absolute atomic E-state index is 4.17. The second kappa shape index (κ2) is 3.77. The topological polar surface area (TPSA) is 37.3 Å². The van der Waals surface area contributed by atoms with Crippen LogP contribution in [0.25, 0.3) is 0 Å². The van der Waals surface area contributed by atoms with Crippen molar-refractivity contribution in [1.29, 1.82) is 0 Å². The number of hydrazone groups is 1. The zero-order valence-electron chi connectivity index (χ0n) is 8.67. The third-order valence-corrected chi connectivity index (χ3v) is 2.73. The van der Waals surface area contributed by atoms with Crippen LogP contribution in [0.3, 0.4) is 0 Å². The SMILES string of the molecule is C1=NNC(c2cccnc2)c2ccccc21. The number of hydrogen-bond donors (Lipinski definition) is 1. The number of rotatable bonds is 1. The van der Waals surface area contributed by atoms with E-state index in [1.165, 1.54) is 5.56 Å². The van der Waals surface area contributed by atoms with E-state index in [9.17, 15) is 0 Å². The molecule has 1 unspecified atom stereocenters. The van der Waals surface area contributed by atoms with Gasteiger partial charge in [-0.3, -0.25) is 10.4 Å². The van der Waals surface area contributed by atoms with Crippen LogP contribution >= 0.6 is 0 Å². The van der Waals surface area contributed by atoms with Crippen molar-refractivity contribution in [3.8, 4) is 0 Å². The highest BCUT2D eigenvalue weighted by Gasteiger charge is 2.18. The van der Waals surface area contributed by atoms with Crippen molar-refractivity contribution in [2.45, 2.75) is 6.04 Å². The zero-order chi connectivity index (χ0) is 10.8. The highest BCUT2D eigenvalue weighted by molar-refractivity contribution is 5.83. The summed E-state index contributed by atoms with van der Waals surface area (Å²) in [6.07, 6.45) is 5.50.